The molecule has 0 spiro atoms. The molecule has 0 saturated carbocycles. The molecule has 2 aromatic rings. The zero-order chi connectivity index (χ0) is 18.1. The first kappa shape index (κ1) is 16.5. The Morgan fingerprint density at radius 1 is 1.36 bits per heavy atom. The number of aryl methyl sites for hydroxylation is 1. The van der Waals surface area contributed by atoms with Gasteiger partial charge < -0.3 is 10.1 Å². The van der Waals surface area contributed by atoms with Gasteiger partial charge in [0.05, 0.1) is 11.3 Å². The first-order valence-corrected chi connectivity index (χ1v) is 7.59. The fourth-order valence-electron chi connectivity index (χ4n) is 2.56. The van der Waals surface area contributed by atoms with Crippen LogP contribution < -0.4 is 10.1 Å². The first-order chi connectivity index (χ1) is 11.9. The van der Waals surface area contributed by atoms with Crippen molar-refractivity contribution >= 4 is 23.1 Å². The summed E-state index contributed by atoms with van der Waals surface area (Å²) >= 11 is 0. The number of amides is 1. The highest BCUT2D eigenvalue weighted by atomic mass is 16.5. The maximum absolute atomic E-state index is 12.5. The Bertz CT molecular complexity index is 934. The van der Waals surface area contributed by atoms with Gasteiger partial charge in [0.25, 0.3) is 5.88 Å². The SMILES string of the molecule is C=CC(=O)Nc1cc2c(cc1C(C)=O)Oc1ncc(C)cc1[N+](=O)C2. The number of anilines is 1. The summed E-state index contributed by atoms with van der Waals surface area (Å²) in [5.41, 5.74) is 2.27. The Kier molecular flexibility index (Phi) is 4.14. The van der Waals surface area contributed by atoms with Crippen LogP contribution in [-0.4, -0.2) is 21.4 Å². The van der Waals surface area contributed by atoms with Crippen molar-refractivity contribution in [1.82, 2.24) is 4.98 Å². The third kappa shape index (κ3) is 3.16. The molecular formula is C18H16N3O4+. The van der Waals surface area contributed by atoms with Crippen LogP contribution >= 0.6 is 0 Å². The number of hydrogen-bond acceptors (Lipinski definition) is 5. The Morgan fingerprint density at radius 3 is 2.80 bits per heavy atom. The Hall–Kier alpha value is -3.35. The number of ketones is 1. The summed E-state index contributed by atoms with van der Waals surface area (Å²) in [6.07, 6.45) is 2.71. The van der Waals surface area contributed by atoms with E-state index < -0.39 is 5.91 Å². The molecule has 0 atom stereocenters. The number of nitrogens with zero attached hydrogens (tertiary/aromatic N) is 2. The van der Waals surface area contributed by atoms with Crippen molar-refractivity contribution in [3.05, 3.63) is 58.6 Å². The standard InChI is InChI=1S/C18H15N3O4/c1-4-17(23)20-14-6-12-9-21(24)15-5-10(2)8-19-18(15)25-16(12)7-13(14)11(3)22/h4-8H,1,9H2,2-3H3/p+1. The first-order valence-electron chi connectivity index (χ1n) is 7.59. The molecule has 3 rings (SSSR count). The summed E-state index contributed by atoms with van der Waals surface area (Å²) in [7, 11) is 0. The van der Waals surface area contributed by atoms with Gasteiger partial charge in [-0.15, -0.1) is 0 Å². The van der Waals surface area contributed by atoms with Gasteiger partial charge in [0.2, 0.25) is 12.5 Å². The molecular weight excluding hydrogens is 322 g/mol. The average Bonchev–Trinajstić information content (AvgIpc) is 2.70. The third-order valence-electron chi connectivity index (χ3n) is 3.78. The summed E-state index contributed by atoms with van der Waals surface area (Å²) in [6.45, 7) is 6.61. The maximum Gasteiger partial charge on any atom is 0.318 e. The van der Waals surface area contributed by atoms with Gasteiger partial charge >= 0.3 is 5.69 Å². The van der Waals surface area contributed by atoms with Crippen molar-refractivity contribution in [3.8, 4) is 11.6 Å². The van der Waals surface area contributed by atoms with Crippen LogP contribution in [0.5, 0.6) is 11.6 Å². The number of benzene rings is 1. The van der Waals surface area contributed by atoms with E-state index in [4.69, 9.17) is 4.74 Å². The van der Waals surface area contributed by atoms with E-state index in [0.29, 0.717) is 22.7 Å². The molecule has 1 amide bonds. The van der Waals surface area contributed by atoms with E-state index >= 15 is 0 Å². The lowest BCUT2D eigenvalue weighted by Crippen LogP contribution is -2.12. The van der Waals surface area contributed by atoms with Gasteiger partial charge in [0.1, 0.15) is 5.75 Å². The molecule has 0 bridgehead atoms. The predicted molar refractivity (Wildman–Crippen MR) is 91.3 cm³/mol. The highest BCUT2D eigenvalue weighted by Crippen LogP contribution is 2.39. The fraction of sp³-hybridized carbons (Fsp3) is 0.167. The van der Waals surface area contributed by atoms with Gasteiger partial charge in [0, 0.05) is 27.5 Å². The summed E-state index contributed by atoms with van der Waals surface area (Å²) in [5, 5.41) is 2.59. The minimum atomic E-state index is -0.448. The molecule has 1 aromatic heterocycles. The lowest BCUT2D eigenvalue weighted by Gasteiger charge is -2.12. The average molecular weight is 338 g/mol. The molecule has 0 aliphatic carbocycles. The van der Waals surface area contributed by atoms with Crippen LogP contribution in [0.2, 0.25) is 0 Å². The number of carbonyl (C=O) groups is 2. The molecule has 7 heteroatoms. The molecule has 1 aromatic carbocycles. The van der Waals surface area contributed by atoms with E-state index in [2.05, 4.69) is 16.9 Å². The van der Waals surface area contributed by atoms with E-state index in [1.165, 1.54) is 13.0 Å². The van der Waals surface area contributed by atoms with Crippen molar-refractivity contribution in [2.75, 3.05) is 5.32 Å². The number of nitrogens with one attached hydrogen (secondary N) is 1. The number of hydrogen-bond donors (Lipinski definition) is 1. The molecule has 0 radical (unpaired) electrons. The van der Waals surface area contributed by atoms with Crippen LogP contribution in [0.25, 0.3) is 0 Å². The minimum absolute atomic E-state index is 0.00259. The number of carbonyl (C=O) groups excluding carboxylic acids is 2. The number of Topliss-reactive ketones (excluding diaryl/α,β-unsaturated/α-hetero) is 1. The number of rotatable bonds is 3. The van der Waals surface area contributed by atoms with E-state index in [9.17, 15) is 14.5 Å². The second kappa shape index (κ2) is 6.27. The van der Waals surface area contributed by atoms with Gasteiger partial charge in [-0.25, -0.2) is 4.98 Å². The summed E-state index contributed by atoms with van der Waals surface area (Å²) < 4.78 is 6.54. The molecule has 0 fully saturated rings. The smallest absolute Gasteiger partial charge is 0.318 e. The molecule has 2 heterocycles. The van der Waals surface area contributed by atoms with Gasteiger partial charge in [-0.3, -0.25) is 9.59 Å². The van der Waals surface area contributed by atoms with Crippen molar-refractivity contribution in [2.24, 2.45) is 0 Å². The van der Waals surface area contributed by atoms with Crippen LogP contribution in [-0.2, 0) is 11.3 Å². The summed E-state index contributed by atoms with van der Waals surface area (Å²) in [5.74, 6) is -0.155. The highest BCUT2D eigenvalue weighted by molar-refractivity contribution is 6.06. The summed E-state index contributed by atoms with van der Waals surface area (Å²) in [6, 6.07) is 4.77. The second-order valence-corrected chi connectivity index (χ2v) is 5.73. The van der Waals surface area contributed by atoms with Gasteiger partial charge in [0.15, 0.2) is 5.78 Å². The lowest BCUT2D eigenvalue weighted by atomic mass is 10.0. The zero-order valence-electron chi connectivity index (χ0n) is 13.8. The molecule has 7 nitrogen and oxygen atoms in total. The van der Waals surface area contributed by atoms with Crippen LogP contribution in [0.15, 0.2) is 37.1 Å². The van der Waals surface area contributed by atoms with Crippen molar-refractivity contribution < 1.29 is 19.1 Å². The molecule has 0 unspecified atom stereocenters. The lowest BCUT2D eigenvalue weighted by molar-refractivity contribution is -0.479. The van der Waals surface area contributed by atoms with Crippen LogP contribution in [0, 0.1) is 11.8 Å². The molecule has 126 valence electrons. The minimum Gasteiger partial charge on any atom is -0.433 e. The Morgan fingerprint density at radius 2 is 2.12 bits per heavy atom. The Labute approximate surface area is 143 Å². The number of pyridine rings is 1. The molecule has 1 aliphatic heterocycles. The van der Waals surface area contributed by atoms with E-state index in [-0.39, 0.29) is 23.8 Å². The normalized spacial score (nSPS) is 12.3. The highest BCUT2D eigenvalue weighted by Gasteiger charge is 2.30. The number of fused-ring (bicyclic) bond motifs is 2. The second-order valence-electron chi connectivity index (χ2n) is 5.73. The number of ether oxygens (including phenoxy) is 1. The molecule has 1 N–H and O–H groups in total. The van der Waals surface area contributed by atoms with E-state index in [1.54, 1.807) is 18.3 Å². The monoisotopic (exact) mass is 338 g/mol. The van der Waals surface area contributed by atoms with Crippen molar-refractivity contribution in [3.63, 3.8) is 0 Å². The molecule has 1 aliphatic rings. The van der Waals surface area contributed by atoms with Gasteiger partial charge in [-0.1, -0.05) is 6.58 Å². The quantitative estimate of drug-likeness (QED) is 0.526. The Balaban J connectivity index is 2.13. The van der Waals surface area contributed by atoms with Crippen LogP contribution in [0.4, 0.5) is 11.4 Å². The largest absolute Gasteiger partial charge is 0.433 e. The fourth-order valence-corrected chi connectivity index (χ4v) is 2.56. The summed E-state index contributed by atoms with van der Waals surface area (Å²) in [4.78, 5) is 40.2. The van der Waals surface area contributed by atoms with E-state index in [0.717, 1.165) is 16.4 Å². The topological polar surface area (TPSA) is 88.4 Å². The van der Waals surface area contributed by atoms with Gasteiger partial charge in [-0.2, -0.15) is 0 Å². The number of nitroso groups, excluding NO2 is 1. The maximum atomic E-state index is 12.5. The number of aromatic nitrogens is 1. The van der Waals surface area contributed by atoms with E-state index in [1.807, 2.05) is 6.92 Å². The molecule has 0 saturated heterocycles. The zero-order valence-corrected chi connectivity index (χ0v) is 13.8. The molecule has 25 heavy (non-hydrogen) atoms. The van der Waals surface area contributed by atoms with Crippen molar-refractivity contribution in [2.45, 2.75) is 20.4 Å². The van der Waals surface area contributed by atoms with Crippen LogP contribution in [0.1, 0.15) is 28.4 Å². The third-order valence-corrected chi connectivity index (χ3v) is 3.78. The van der Waals surface area contributed by atoms with Crippen molar-refractivity contribution in [1.29, 1.82) is 0 Å². The van der Waals surface area contributed by atoms with Crippen LogP contribution in [0.3, 0.4) is 0 Å². The van der Waals surface area contributed by atoms with Gasteiger partial charge in [-0.05, 0) is 37.6 Å². The predicted octanol–water partition coefficient (Wildman–Crippen LogP) is 3.43.